The number of anilines is 1. The molecule has 1 aromatic heterocycles. The molecule has 84 valence electrons. The second-order valence-electron chi connectivity index (χ2n) is 2.77. The van der Waals surface area contributed by atoms with Crippen LogP contribution in [0.4, 0.5) is 5.95 Å². The van der Waals surface area contributed by atoms with Gasteiger partial charge in [-0.1, -0.05) is 0 Å². The van der Waals surface area contributed by atoms with E-state index in [4.69, 9.17) is 9.84 Å². The fraction of sp³-hybridized carbons (Fsp3) is 0.625. The molecule has 1 heterocycles. The predicted octanol–water partition coefficient (Wildman–Crippen LogP) is -0.0856. The SMILES string of the molecule is CCOc1n[nH]c(NC(=O)CCCO)n1. The van der Waals surface area contributed by atoms with E-state index in [1.165, 1.54) is 0 Å². The van der Waals surface area contributed by atoms with Gasteiger partial charge in [0.15, 0.2) is 0 Å². The number of hydrogen-bond acceptors (Lipinski definition) is 5. The van der Waals surface area contributed by atoms with E-state index < -0.39 is 0 Å². The molecule has 0 aliphatic carbocycles. The Kier molecular flexibility index (Phi) is 4.55. The van der Waals surface area contributed by atoms with Crippen molar-refractivity contribution in [3.05, 3.63) is 0 Å². The van der Waals surface area contributed by atoms with Crippen LogP contribution in [-0.2, 0) is 4.79 Å². The van der Waals surface area contributed by atoms with Crippen molar-refractivity contribution in [2.24, 2.45) is 0 Å². The molecule has 0 saturated heterocycles. The number of nitrogens with one attached hydrogen (secondary N) is 2. The van der Waals surface area contributed by atoms with E-state index in [9.17, 15) is 4.79 Å². The molecule has 0 bridgehead atoms. The van der Waals surface area contributed by atoms with E-state index in [1.54, 1.807) is 0 Å². The number of aromatic amines is 1. The highest BCUT2D eigenvalue weighted by atomic mass is 16.5. The van der Waals surface area contributed by atoms with Gasteiger partial charge in [0, 0.05) is 13.0 Å². The van der Waals surface area contributed by atoms with Gasteiger partial charge in [-0.15, -0.1) is 5.10 Å². The molecular weight excluding hydrogens is 200 g/mol. The van der Waals surface area contributed by atoms with Crippen LogP contribution in [0.15, 0.2) is 0 Å². The second-order valence-corrected chi connectivity index (χ2v) is 2.77. The molecule has 0 unspecified atom stereocenters. The number of nitrogens with zero attached hydrogens (tertiary/aromatic N) is 2. The number of carbonyl (C=O) groups excluding carboxylic acids is 1. The van der Waals surface area contributed by atoms with Gasteiger partial charge in [0.2, 0.25) is 11.9 Å². The van der Waals surface area contributed by atoms with Crippen molar-refractivity contribution in [1.29, 1.82) is 0 Å². The number of hydrogen-bond donors (Lipinski definition) is 3. The molecule has 0 aliphatic rings. The van der Waals surface area contributed by atoms with Crippen LogP contribution in [0.1, 0.15) is 19.8 Å². The Labute approximate surface area is 86.9 Å². The molecular formula is C8H14N4O3. The Morgan fingerprint density at radius 1 is 1.67 bits per heavy atom. The summed E-state index contributed by atoms with van der Waals surface area (Å²) in [7, 11) is 0. The first-order chi connectivity index (χ1) is 7.26. The summed E-state index contributed by atoms with van der Waals surface area (Å²) < 4.78 is 5.00. The van der Waals surface area contributed by atoms with Gasteiger partial charge in [-0.2, -0.15) is 4.98 Å². The summed E-state index contributed by atoms with van der Waals surface area (Å²) in [5.41, 5.74) is 0. The van der Waals surface area contributed by atoms with E-state index >= 15 is 0 Å². The van der Waals surface area contributed by atoms with Crippen LogP contribution in [0.25, 0.3) is 0 Å². The lowest BCUT2D eigenvalue weighted by atomic mass is 10.3. The van der Waals surface area contributed by atoms with Crippen molar-refractivity contribution < 1.29 is 14.6 Å². The third-order valence-corrected chi connectivity index (χ3v) is 1.56. The second kappa shape index (κ2) is 5.97. The third kappa shape index (κ3) is 3.94. The normalized spacial score (nSPS) is 10.0. The average molecular weight is 214 g/mol. The van der Waals surface area contributed by atoms with Gasteiger partial charge in [0.25, 0.3) is 0 Å². The zero-order valence-electron chi connectivity index (χ0n) is 8.49. The summed E-state index contributed by atoms with van der Waals surface area (Å²) in [5, 5.41) is 17.3. The van der Waals surface area contributed by atoms with Crippen molar-refractivity contribution in [2.45, 2.75) is 19.8 Å². The molecule has 7 heteroatoms. The van der Waals surface area contributed by atoms with Crippen LogP contribution in [-0.4, -0.2) is 39.4 Å². The first kappa shape index (κ1) is 11.4. The van der Waals surface area contributed by atoms with Gasteiger partial charge in [0.05, 0.1) is 6.61 Å². The molecule has 1 amide bonds. The first-order valence-electron chi connectivity index (χ1n) is 4.72. The molecule has 0 aromatic carbocycles. The number of carbonyl (C=O) groups is 1. The van der Waals surface area contributed by atoms with Crippen LogP contribution in [0, 0.1) is 0 Å². The molecule has 0 saturated carbocycles. The summed E-state index contributed by atoms with van der Waals surface area (Å²) in [5.74, 6) is 0.0321. The number of aliphatic hydroxyl groups is 1. The molecule has 0 spiro atoms. The standard InChI is InChI=1S/C8H14N4O3/c1-2-15-8-10-7(11-12-8)9-6(14)4-3-5-13/h13H,2-5H2,1H3,(H2,9,10,11,12,14). The molecule has 1 rings (SSSR count). The fourth-order valence-electron chi connectivity index (χ4n) is 0.930. The van der Waals surface area contributed by atoms with Gasteiger partial charge < -0.3 is 9.84 Å². The third-order valence-electron chi connectivity index (χ3n) is 1.56. The lowest BCUT2D eigenvalue weighted by Crippen LogP contribution is -2.12. The Morgan fingerprint density at radius 3 is 3.13 bits per heavy atom. The van der Waals surface area contributed by atoms with Gasteiger partial charge >= 0.3 is 6.01 Å². The summed E-state index contributed by atoms with van der Waals surface area (Å²) in [4.78, 5) is 15.1. The maximum atomic E-state index is 11.2. The Morgan fingerprint density at radius 2 is 2.47 bits per heavy atom. The van der Waals surface area contributed by atoms with Crippen molar-refractivity contribution in [3.63, 3.8) is 0 Å². The monoisotopic (exact) mass is 214 g/mol. The highest BCUT2D eigenvalue weighted by Crippen LogP contribution is 2.05. The highest BCUT2D eigenvalue weighted by Gasteiger charge is 2.06. The molecule has 0 radical (unpaired) electrons. The summed E-state index contributed by atoms with van der Waals surface area (Å²) in [6.45, 7) is 2.28. The number of H-pyrrole nitrogens is 1. The van der Waals surface area contributed by atoms with Gasteiger partial charge in [-0.25, -0.2) is 5.10 Å². The van der Waals surface area contributed by atoms with E-state index in [-0.39, 0.29) is 30.9 Å². The van der Waals surface area contributed by atoms with Crippen LogP contribution in [0.3, 0.4) is 0 Å². The molecule has 15 heavy (non-hydrogen) atoms. The first-order valence-corrected chi connectivity index (χ1v) is 4.72. The molecule has 0 aliphatic heterocycles. The van der Waals surface area contributed by atoms with Crippen molar-refractivity contribution in [2.75, 3.05) is 18.5 Å². The number of ether oxygens (including phenoxy) is 1. The van der Waals surface area contributed by atoms with E-state index in [0.717, 1.165) is 0 Å². The summed E-state index contributed by atoms with van der Waals surface area (Å²) in [6.07, 6.45) is 0.680. The quantitative estimate of drug-likeness (QED) is 0.614. The van der Waals surface area contributed by atoms with Crippen molar-refractivity contribution in [3.8, 4) is 6.01 Å². The Balaban J connectivity index is 2.39. The molecule has 3 N–H and O–H groups in total. The molecule has 7 nitrogen and oxygen atoms in total. The largest absolute Gasteiger partial charge is 0.463 e. The van der Waals surface area contributed by atoms with E-state index in [1.807, 2.05) is 6.92 Å². The van der Waals surface area contributed by atoms with Crippen LogP contribution >= 0.6 is 0 Å². The van der Waals surface area contributed by atoms with Crippen molar-refractivity contribution in [1.82, 2.24) is 15.2 Å². The van der Waals surface area contributed by atoms with E-state index in [2.05, 4.69) is 20.5 Å². The van der Waals surface area contributed by atoms with Crippen molar-refractivity contribution >= 4 is 11.9 Å². The number of rotatable bonds is 6. The van der Waals surface area contributed by atoms with Crippen LogP contribution in [0.2, 0.25) is 0 Å². The number of aromatic nitrogens is 3. The zero-order valence-corrected chi connectivity index (χ0v) is 8.49. The number of amides is 1. The average Bonchev–Trinajstić information content (AvgIpc) is 2.63. The Bertz CT molecular complexity index is 313. The minimum absolute atomic E-state index is 0.00593. The lowest BCUT2D eigenvalue weighted by molar-refractivity contribution is -0.116. The predicted molar refractivity (Wildman–Crippen MR) is 52.5 cm³/mol. The molecule has 1 aromatic rings. The van der Waals surface area contributed by atoms with Gasteiger partial charge in [-0.3, -0.25) is 10.1 Å². The number of aliphatic hydroxyl groups excluding tert-OH is 1. The van der Waals surface area contributed by atoms with Gasteiger partial charge in [0.1, 0.15) is 0 Å². The van der Waals surface area contributed by atoms with Crippen LogP contribution < -0.4 is 10.1 Å². The van der Waals surface area contributed by atoms with Gasteiger partial charge in [-0.05, 0) is 13.3 Å². The summed E-state index contributed by atoms with van der Waals surface area (Å²) in [6, 6.07) is 0.204. The lowest BCUT2D eigenvalue weighted by Gasteiger charge is -1.98. The zero-order chi connectivity index (χ0) is 11.1. The minimum atomic E-state index is -0.219. The minimum Gasteiger partial charge on any atom is -0.463 e. The fourth-order valence-corrected chi connectivity index (χ4v) is 0.930. The Hall–Kier alpha value is -1.63. The molecule has 0 fully saturated rings. The van der Waals surface area contributed by atoms with Crippen LogP contribution in [0.5, 0.6) is 6.01 Å². The maximum Gasteiger partial charge on any atom is 0.337 e. The highest BCUT2D eigenvalue weighted by molar-refractivity contribution is 5.88. The van der Waals surface area contributed by atoms with E-state index in [0.29, 0.717) is 13.0 Å². The molecule has 0 atom stereocenters. The summed E-state index contributed by atoms with van der Waals surface area (Å²) >= 11 is 0. The topological polar surface area (TPSA) is 100 Å². The maximum absolute atomic E-state index is 11.2. The smallest absolute Gasteiger partial charge is 0.337 e.